The zero-order valence-corrected chi connectivity index (χ0v) is 17.7. The Morgan fingerprint density at radius 1 is 1.17 bits per heavy atom. The van der Waals surface area contributed by atoms with Gasteiger partial charge in [0.05, 0.1) is 23.8 Å². The van der Waals surface area contributed by atoms with Gasteiger partial charge in [0.1, 0.15) is 6.04 Å². The maximum absolute atomic E-state index is 12.9. The zero-order chi connectivity index (χ0) is 21.7. The Kier molecular flexibility index (Phi) is 6.86. The van der Waals surface area contributed by atoms with Crippen LogP contribution < -0.4 is 5.43 Å². The average molecular weight is 450 g/mol. The van der Waals surface area contributed by atoms with Crippen molar-refractivity contribution in [3.05, 3.63) is 64.7 Å². The van der Waals surface area contributed by atoms with Crippen molar-refractivity contribution in [2.75, 3.05) is 13.7 Å². The second-order valence-electron chi connectivity index (χ2n) is 6.58. The van der Waals surface area contributed by atoms with E-state index in [0.29, 0.717) is 29.0 Å². The summed E-state index contributed by atoms with van der Waals surface area (Å²) >= 11 is 5.83. The van der Waals surface area contributed by atoms with Crippen LogP contribution >= 0.6 is 11.6 Å². The molecule has 1 N–H and O–H groups in total. The number of amides is 1. The lowest BCUT2D eigenvalue weighted by Crippen LogP contribution is -2.44. The molecule has 1 aliphatic rings. The lowest BCUT2D eigenvalue weighted by Gasteiger charge is -2.22. The third-order valence-electron chi connectivity index (χ3n) is 4.65. The SMILES string of the molecule is COC(=O)c1ccc(/C=N\NC(=O)[C@H]2CCCN2S(=O)(=O)c2ccc(Cl)cc2)cc1. The van der Waals surface area contributed by atoms with Crippen LogP contribution in [0.15, 0.2) is 58.5 Å². The van der Waals surface area contributed by atoms with Gasteiger partial charge in [0.15, 0.2) is 0 Å². The maximum atomic E-state index is 12.9. The van der Waals surface area contributed by atoms with E-state index in [1.807, 2.05) is 0 Å². The number of carbonyl (C=O) groups is 2. The Labute approximate surface area is 179 Å². The van der Waals surface area contributed by atoms with Crippen molar-refractivity contribution in [3.63, 3.8) is 0 Å². The van der Waals surface area contributed by atoms with Crippen LogP contribution in [0.3, 0.4) is 0 Å². The van der Waals surface area contributed by atoms with E-state index in [2.05, 4.69) is 15.3 Å². The Hall–Kier alpha value is -2.75. The van der Waals surface area contributed by atoms with E-state index in [0.717, 1.165) is 0 Å². The normalized spacial score (nSPS) is 17.2. The summed E-state index contributed by atoms with van der Waals surface area (Å²) in [5, 5.41) is 4.33. The predicted molar refractivity (Wildman–Crippen MR) is 112 cm³/mol. The number of nitrogens with one attached hydrogen (secondary N) is 1. The van der Waals surface area contributed by atoms with Gasteiger partial charge < -0.3 is 4.74 Å². The number of hydrogen-bond donors (Lipinski definition) is 1. The quantitative estimate of drug-likeness (QED) is 0.414. The number of esters is 1. The van der Waals surface area contributed by atoms with Crippen molar-refractivity contribution in [2.24, 2.45) is 5.10 Å². The Morgan fingerprint density at radius 3 is 2.47 bits per heavy atom. The van der Waals surface area contributed by atoms with Gasteiger partial charge in [-0.1, -0.05) is 23.7 Å². The lowest BCUT2D eigenvalue weighted by atomic mass is 10.1. The summed E-state index contributed by atoms with van der Waals surface area (Å²) in [4.78, 5) is 24.1. The van der Waals surface area contributed by atoms with Gasteiger partial charge in [0, 0.05) is 11.6 Å². The van der Waals surface area contributed by atoms with Gasteiger partial charge in [-0.3, -0.25) is 4.79 Å². The van der Waals surface area contributed by atoms with Gasteiger partial charge in [0.2, 0.25) is 10.0 Å². The molecule has 2 aromatic rings. The minimum Gasteiger partial charge on any atom is -0.465 e. The van der Waals surface area contributed by atoms with E-state index < -0.39 is 27.9 Å². The zero-order valence-electron chi connectivity index (χ0n) is 16.1. The van der Waals surface area contributed by atoms with Crippen LogP contribution in [0.4, 0.5) is 0 Å². The third kappa shape index (κ3) is 4.86. The van der Waals surface area contributed by atoms with Crippen LogP contribution in [0.25, 0.3) is 0 Å². The Balaban J connectivity index is 1.66. The van der Waals surface area contributed by atoms with Crippen molar-refractivity contribution in [3.8, 4) is 0 Å². The standard InChI is InChI=1S/C20H20ClN3O5S/c1-29-20(26)15-6-4-14(5-7-15)13-22-23-19(25)18-3-2-12-24(18)30(27,28)17-10-8-16(21)9-11-17/h4-11,13,18H,2-3,12H2,1H3,(H,23,25)/b22-13-/t18-/m1/s1. The van der Waals surface area contributed by atoms with Gasteiger partial charge in [-0.25, -0.2) is 18.6 Å². The largest absolute Gasteiger partial charge is 0.465 e. The van der Waals surface area contributed by atoms with Crippen LogP contribution in [0.1, 0.15) is 28.8 Å². The summed E-state index contributed by atoms with van der Waals surface area (Å²) in [6.45, 7) is 0.252. The van der Waals surface area contributed by atoms with E-state index in [1.54, 1.807) is 24.3 Å². The molecule has 0 radical (unpaired) electrons. The molecule has 1 aliphatic heterocycles. The fourth-order valence-electron chi connectivity index (χ4n) is 3.10. The van der Waals surface area contributed by atoms with Gasteiger partial charge in [-0.05, 0) is 54.8 Å². The smallest absolute Gasteiger partial charge is 0.337 e. The number of hydrogen-bond acceptors (Lipinski definition) is 6. The molecule has 1 saturated heterocycles. The number of rotatable bonds is 6. The predicted octanol–water partition coefficient (Wildman–Crippen LogP) is 2.43. The monoisotopic (exact) mass is 449 g/mol. The van der Waals surface area contributed by atoms with Gasteiger partial charge in [-0.15, -0.1) is 0 Å². The molecule has 2 aromatic carbocycles. The number of nitrogens with zero attached hydrogens (tertiary/aromatic N) is 2. The first kappa shape index (κ1) is 21.9. The van der Waals surface area contributed by atoms with Crippen LogP contribution in [-0.2, 0) is 19.6 Å². The molecule has 0 unspecified atom stereocenters. The molecular formula is C20H20ClN3O5S. The van der Waals surface area contributed by atoms with Crippen molar-refractivity contribution in [2.45, 2.75) is 23.8 Å². The molecule has 1 atom stereocenters. The highest BCUT2D eigenvalue weighted by molar-refractivity contribution is 7.89. The average Bonchev–Trinajstić information content (AvgIpc) is 3.25. The molecule has 0 saturated carbocycles. The molecular weight excluding hydrogens is 430 g/mol. The van der Waals surface area contributed by atoms with Crippen LogP contribution in [0, 0.1) is 0 Å². The molecule has 1 fully saturated rings. The highest BCUT2D eigenvalue weighted by atomic mass is 35.5. The minimum atomic E-state index is -3.82. The maximum Gasteiger partial charge on any atom is 0.337 e. The van der Waals surface area contributed by atoms with Crippen LogP contribution in [0.5, 0.6) is 0 Å². The number of halogens is 1. The number of carbonyl (C=O) groups excluding carboxylic acids is 2. The van der Waals surface area contributed by atoms with E-state index in [-0.39, 0.29) is 11.4 Å². The summed E-state index contributed by atoms with van der Waals surface area (Å²) < 4.78 is 31.6. The molecule has 1 heterocycles. The summed E-state index contributed by atoms with van der Waals surface area (Å²) in [6.07, 6.45) is 2.39. The molecule has 8 nitrogen and oxygen atoms in total. The number of benzene rings is 2. The van der Waals surface area contributed by atoms with E-state index in [4.69, 9.17) is 11.6 Å². The van der Waals surface area contributed by atoms with Gasteiger partial charge in [0.25, 0.3) is 5.91 Å². The topological polar surface area (TPSA) is 105 Å². The van der Waals surface area contributed by atoms with Crippen LogP contribution in [0.2, 0.25) is 5.02 Å². The second-order valence-corrected chi connectivity index (χ2v) is 8.90. The highest BCUT2D eigenvalue weighted by Crippen LogP contribution is 2.27. The van der Waals surface area contributed by atoms with Gasteiger partial charge >= 0.3 is 5.97 Å². The van der Waals surface area contributed by atoms with Gasteiger partial charge in [-0.2, -0.15) is 9.41 Å². The first-order valence-electron chi connectivity index (χ1n) is 9.11. The van der Waals surface area contributed by atoms with Crippen molar-refractivity contribution in [1.82, 2.24) is 9.73 Å². The van der Waals surface area contributed by atoms with Crippen molar-refractivity contribution in [1.29, 1.82) is 0 Å². The van der Waals surface area contributed by atoms with E-state index in [9.17, 15) is 18.0 Å². The summed E-state index contributed by atoms with van der Waals surface area (Å²) in [6, 6.07) is 11.4. The molecule has 0 spiro atoms. The molecule has 0 aromatic heterocycles. The van der Waals surface area contributed by atoms with E-state index in [1.165, 1.54) is 41.9 Å². The molecule has 30 heavy (non-hydrogen) atoms. The highest BCUT2D eigenvalue weighted by Gasteiger charge is 2.39. The Morgan fingerprint density at radius 2 is 1.83 bits per heavy atom. The second kappa shape index (κ2) is 9.38. The first-order chi connectivity index (χ1) is 14.3. The Bertz CT molecular complexity index is 1050. The summed E-state index contributed by atoms with van der Waals surface area (Å²) in [5.74, 6) is -0.956. The molecule has 3 rings (SSSR count). The fourth-order valence-corrected chi connectivity index (χ4v) is 4.88. The van der Waals surface area contributed by atoms with Crippen LogP contribution in [-0.4, -0.2) is 50.5 Å². The molecule has 0 bridgehead atoms. The number of ether oxygens (including phenoxy) is 1. The third-order valence-corrected chi connectivity index (χ3v) is 6.82. The first-order valence-corrected chi connectivity index (χ1v) is 10.9. The number of methoxy groups -OCH3 is 1. The number of sulfonamides is 1. The molecule has 10 heteroatoms. The van der Waals surface area contributed by atoms with E-state index >= 15 is 0 Å². The minimum absolute atomic E-state index is 0.0841. The number of hydrazone groups is 1. The van der Waals surface area contributed by atoms with Crippen molar-refractivity contribution < 1.29 is 22.7 Å². The molecule has 0 aliphatic carbocycles. The molecule has 1 amide bonds. The molecule has 158 valence electrons. The summed E-state index contributed by atoms with van der Waals surface area (Å²) in [5.41, 5.74) is 3.44. The fraction of sp³-hybridized carbons (Fsp3) is 0.250. The van der Waals surface area contributed by atoms with Crippen molar-refractivity contribution >= 4 is 39.7 Å². The lowest BCUT2D eigenvalue weighted by molar-refractivity contribution is -0.124. The summed E-state index contributed by atoms with van der Waals surface area (Å²) in [7, 11) is -2.53.